The Hall–Kier alpha value is -2.20. The SMILES string of the molecule is Nc1ccc(OCCSc2ccccc2)c2cccnc12. The Labute approximate surface area is 128 Å². The molecule has 3 nitrogen and oxygen atoms in total. The molecule has 3 rings (SSSR count). The summed E-state index contributed by atoms with van der Waals surface area (Å²) in [6.45, 7) is 0.646. The van der Waals surface area contributed by atoms with Crippen LogP contribution in [0.2, 0.25) is 0 Å². The topological polar surface area (TPSA) is 48.1 Å². The zero-order valence-corrected chi connectivity index (χ0v) is 12.3. The van der Waals surface area contributed by atoms with Gasteiger partial charge >= 0.3 is 0 Å². The molecular weight excluding hydrogens is 280 g/mol. The third kappa shape index (κ3) is 3.28. The third-order valence-corrected chi connectivity index (χ3v) is 4.09. The molecule has 2 N–H and O–H groups in total. The largest absolute Gasteiger partial charge is 0.492 e. The molecule has 3 aromatic rings. The summed E-state index contributed by atoms with van der Waals surface area (Å²) in [7, 11) is 0. The molecule has 0 amide bonds. The van der Waals surface area contributed by atoms with Crippen molar-refractivity contribution in [3.05, 3.63) is 60.8 Å². The van der Waals surface area contributed by atoms with Crippen LogP contribution in [0.4, 0.5) is 5.69 Å². The number of nitrogen functional groups attached to an aromatic ring is 1. The Balaban J connectivity index is 1.65. The van der Waals surface area contributed by atoms with Crippen LogP contribution in [0, 0.1) is 0 Å². The number of ether oxygens (including phenoxy) is 1. The first kappa shape index (κ1) is 13.8. The van der Waals surface area contributed by atoms with Gasteiger partial charge in [-0.2, -0.15) is 0 Å². The smallest absolute Gasteiger partial charge is 0.128 e. The number of rotatable bonds is 5. The van der Waals surface area contributed by atoms with Gasteiger partial charge in [0.15, 0.2) is 0 Å². The number of aromatic nitrogens is 1. The summed E-state index contributed by atoms with van der Waals surface area (Å²) >= 11 is 1.78. The lowest BCUT2D eigenvalue weighted by Crippen LogP contribution is -2.01. The summed E-state index contributed by atoms with van der Waals surface area (Å²) < 4.78 is 5.88. The van der Waals surface area contributed by atoms with Gasteiger partial charge in [-0.15, -0.1) is 11.8 Å². The minimum Gasteiger partial charge on any atom is -0.492 e. The maximum atomic E-state index is 5.93. The lowest BCUT2D eigenvalue weighted by molar-refractivity contribution is 0.348. The minimum absolute atomic E-state index is 0.646. The molecule has 0 bridgehead atoms. The van der Waals surface area contributed by atoms with E-state index in [0.717, 1.165) is 22.4 Å². The fourth-order valence-corrected chi connectivity index (χ4v) is 2.87. The fourth-order valence-electron chi connectivity index (χ4n) is 2.12. The van der Waals surface area contributed by atoms with Crippen molar-refractivity contribution in [1.82, 2.24) is 4.98 Å². The van der Waals surface area contributed by atoms with E-state index in [-0.39, 0.29) is 0 Å². The summed E-state index contributed by atoms with van der Waals surface area (Å²) in [5.41, 5.74) is 7.41. The van der Waals surface area contributed by atoms with Crippen LogP contribution in [0.25, 0.3) is 10.9 Å². The van der Waals surface area contributed by atoms with Crippen molar-refractivity contribution >= 4 is 28.4 Å². The van der Waals surface area contributed by atoms with Gasteiger partial charge in [0.05, 0.1) is 17.8 Å². The monoisotopic (exact) mass is 296 g/mol. The zero-order chi connectivity index (χ0) is 14.5. The van der Waals surface area contributed by atoms with Gasteiger partial charge in [-0.25, -0.2) is 0 Å². The predicted octanol–water partition coefficient (Wildman–Crippen LogP) is 3.99. The highest BCUT2D eigenvalue weighted by molar-refractivity contribution is 7.99. The van der Waals surface area contributed by atoms with E-state index in [1.54, 1.807) is 18.0 Å². The van der Waals surface area contributed by atoms with Gasteiger partial charge in [0, 0.05) is 22.2 Å². The number of anilines is 1. The molecule has 0 saturated heterocycles. The summed E-state index contributed by atoms with van der Waals surface area (Å²) in [6, 6.07) is 18.0. The Morgan fingerprint density at radius 2 is 1.86 bits per heavy atom. The van der Waals surface area contributed by atoms with Gasteiger partial charge < -0.3 is 10.5 Å². The van der Waals surface area contributed by atoms with Crippen LogP contribution < -0.4 is 10.5 Å². The summed E-state index contributed by atoms with van der Waals surface area (Å²) in [5, 5.41) is 0.960. The Morgan fingerprint density at radius 1 is 1.00 bits per heavy atom. The van der Waals surface area contributed by atoms with Crippen molar-refractivity contribution in [2.75, 3.05) is 18.1 Å². The molecule has 0 unspecified atom stereocenters. The van der Waals surface area contributed by atoms with Crippen LogP contribution in [0.1, 0.15) is 0 Å². The van der Waals surface area contributed by atoms with Crippen LogP contribution in [-0.2, 0) is 0 Å². The number of nitrogens with zero attached hydrogens (tertiary/aromatic N) is 1. The van der Waals surface area contributed by atoms with Crippen molar-refractivity contribution in [1.29, 1.82) is 0 Å². The summed E-state index contributed by atoms with van der Waals surface area (Å²) in [6.07, 6.45) is 1.74. The molecule has 0 aliphatic rings. The highest BCUT2D eigenvalue weighted by atomic mass is 32.2. The lowest BCUT2D eigenvalue weighted by Gasteiger charge is -2.10. The van der Waals surface area contributed by atoms with E-state index in [9.17, 15) is 0 Å². The number of benzene rings is 2. The van der Waals surface area contributed by atoms with Crippen LogP contribution in [0.3, 0.4) is 0 Å². The maximum Gasteiger partial charge on any atom is 0.128 e. The molecule has 21 heavy (non-hydrogen) atoms. The molecule has 0 saturated carbocycles. The molecule has 0 fully saturated rings. The second-order valence-electron chi connectivity index (χ2n) is 4.56. The highest BCUT2D eigenvalue weighted by Crippen LogP contribution is 2.28. The Bertz CT molecular complexity index is 731. The van der Waals surface area contributed by atoms with E-state index >= 15 is 0 Å². The number of thioether (sulfide) groups is 1. The van der Waals surface area contributed by atoms with E-state index in [1.165, 1.54) is 4.90 Å². The molecule has 0 aliphatic heterocycles. The number of hydrogen-bond donors (Lipinski definition) is 1. The normalized spacial score (nSPS) is 10.7. The molecule has 0 atom stereocenters. The van der Waals surface area contributed by atoms with Crippen molar-refractivity contribution in [3.8, 4) is 5.75 Å². The van der Waals surface area contributed by atoms with Crippen molar-refractivity contribution in [2.24, 2.45) is 0 Å². The van der Waals surface area contributed by atoms with Crippen LogP contribution in [0.15, 0.2) is 65.7 Å². The average Bonchev–Trinajstić information content (AvgIpc) is 2.55. The second kappa shape index (κ2) is 6.50. The zero-order valence-electron chi connectivity index (χ0n) is 11.5. The number of fused-ring (bicyclic) bond motifs is 1. The van der Waals surface area contributed by atoms with Crippen molar-refractivity contribution in [3.63, 3.8) is 0 Å². The maximum absolute atomic E-state index is 5.93. The van der Waals surface area contributed by atoms with Crippen LogP contribution >= 0.6 is 11.8 Å². The van der Waals surface area contributed by atoms with Gasteiger partial charge in [0.1, 0.15) is 5.75 Å². The minimum atomic E-state index is 0.646. The molecule has 106 valence electrons. The van der Waals surface area contributed by atoms with E-state index in [4.69, 9.17) is 10.5 Å². The van der Waals surface area contributed by atoms with E-state index in [1.807, 2.05) is 42.5 Å². The first-order valence-corrected chi connectivity index (χ1v) is 7.77. The van der Waals surface area contributed by atoms with E-state index < -0.39 is 0 Å². The van der Waals surface area contributed by atoms with Crippen molar-refractivity contribution in [2.45, 2.75) is 4.90 Å². The molecular formula is C17H16N2OS. The van der Waals surface area contributed by atoms with Gasteiger partial charge in [-0.3, -0.25) is 4.98 Å². The van der Waals surface area contributed by atoms with Crippen LogP contribution in [-0.4, -0.2) is 17.3 Å². The molecule has 1 heterocycles. The number of hydrogen-bond acceptors (Lipinski definition) is 4. The molecule has 0 spiro atoms. The molecule has 4 heteroatoms. The van der Waals surface area contributed by atoms with E-state index in [0.29, 0.717) is 12.3 Å². The Morgan fingerprint density at radius 3 is 2.71 bits per heavy atom. The third-order valence-electron chi connectivity index (χ3n) is 3.11. The lowest BCUT2D eigenvalue weighted by atomic mass is 10.2. The summed E-state index contributed by atoms with van der Waals surface area (Å²) in [5.74, 6) is 1.73. The van der Waals surface area contributed by atoms with Gasteiger partial charge in [-0.05, 0) is 36.4 Å². The first-order chi connectivity index (χ1) is 10.3. The standard InChI is InChI=1S/C17H16N2OS/c18-15-8-9-16(14-7-4-10-19-17(14)15)20-11-12-21-13-5-2-1-3-6-13/h1-10H,11-12,18H2. The Kier molecular flexibility index (Phi) is 4.26. The average molecular weight is 296 g/mol. The second-order valence-corrected chi connectivity index (χ2v) is 5.73. The van der Waals surface area contributed by atoms with E-state index in [2.05, 4.69) is 17.1 Å². The summed E-state index contributed by atoms with van der Waals surface area (Å²) in [4.78, 5) is 5.56. The number of nitrogens with two attached hydrogens (primary N) is 1. The fraction of sp³-hybridized carbons (Fsp3) is 0.118. The van der Waals surface area contributed by atoms with Gasteiger partial charge in [-0.1, -0.05) is 18.2 Å². The molecule has 0 radical (unpaired) electrons. The molecule has 2 aromatic carbocycles. The number of pyridine rings is 1. The first-order valence-electron chi connectivity index (χ1n) is 6.78. The van der Waals surface area contributed by atoms with Crippen molar-refractivity contribution < 1.29 is 4.74 Å². The molecule has 0 aliphatic carbocycles. The predicted molar refractivity (Wildman–Crippen MR) is 88.8 cm³/mol. The highest BCUT2D eigenvalue weighted by Gasteiger charge is 2.05. The van der Waals surface area contributed by atoms with Gasteiger partial charge in [0.2, 0.25) is 0 Å². The quantitative estimate of drug-likeness (QED) is 0.439. The molecule has 1 aromatic heterocycles. The van der Waals surface area contributed by atoms with Gasteiger partial charge in [0.25, 0.3) is 0 Å². The van der Waals surface area contributed by atoms with Crippen LogP contribution in [0.5, 0.6) is 5.75 Å².